The van der Waals surface area contributed by atoms with Crippen LogP contribution in [0.5, 0.6) is 0 Å². The third-order valence-corrected chi connectivity index (χ3v) is 4.25. The van der Waals surface area contributed by atoms with Crippen LogP contribution >= 0.6 is 12.2 Å². The van der Waals surface area contributed by atoms with Crippen molar-refractivity contribution in [3.63, 3.8) is 0 Å². The van der Waals surface area contributed by atoms with Gasteiger partial charge in [0.2, 0.25) is 5.91 Å². The van der Waals surface area contributed by atoms with E-state index < -0.39 is 5.41 Å². The van der Waals surface area contributed by atoms with Gasteiger partial charge in [0.1, 0.15) is 0 Å². The molecule has 4 heteroatoms. The average molecular weight is 292 g/mol. The van der Waals surface area contributed by atoms with Gasteiger partial charge in [-0.05, 0) is 32.8 Å². The van der Waals surface area contributed by atoms with Crippen molar-refractivity contribution in [3.05, 3.63) is 35.9 Å². The van der Waals surface area contributed by atoms with Crippen LogP contribution in [-0.2, 0) is 11.3 Å². The predicted octanol–water partition coefficient (Wildman–Crippen LogP) is 3.13. The molecule has 0 saturated heterocycles. The Hall–Kier alpha value is -1.42. The summed E-state index contributed by atoms with van der Waals surface area (Å²) in [6.45, 7) is 8.37. The van der Waals surface area contributed by atoms with Gasteiger partial charge in [0, 0.05) is 12.6 Å². The fourth-order valence-corrected chi connectivity index (χ4v) is 2.25. The molecule has 1 aromatic rings. The fraction of sp³-hybridized carbons (Fsp3) is 0.500. The Labute approximate surface area is 127 Å². The van der Waals surface area contributed by atoms with E-state index in [1.54, 1.807) is 0 Å². The van der Waals surface area contributed by atoms with E-state index in [4.69, 9.17) is 18.0 Å². The maximum Gasteiger partial charge on any atom is 0.235 e. The molecule has 0 fully saturated rings. The summed E-state index contributed by atoms with van der Waals surface area (Å²) in [4.78, 5) is 15.0. The zero-order chi connectivity index (χ0) is 15.3. The molecule has 0 bridgehead atoms. The zero-order valence-corrected chi connectivity index (χ0v) is 13.5. The monoisotopic (exact) mass is 292 g/mol. The van der Waals surface area contributed by atoms with E-state index in [-0.39, 0.29) is 16.9 Å². The molecule has 0 aliphatic rings. The first-order valence-electron chi connectivity index (χ1n) is 6.97. The Morgan fingerprint density at radius 2 is 1.90 bits per heavy atom. The lowest BCUT2D eigenvalue weighted by atomic mass is 9.85. The Balaban J connectivity index is 3.02. The highest BCUT2D eigenvalue weighted by Crippen LogP contribution is 2.27. The molecule has 1 rings (SSSR count). The molecule has 110 valence electrons. The van der Waals surface area contributed by atoms with Crippen LogP contribution in [0.25, 0.3) is 0 Å². The van der Waals surface area contributed by atoms with E-state index in [1.807, 2.05) is 62.9 Å². The number of nitrogens with two attached hydrogens (primary N) is 1. The Morgan fingerprint density at radius 3 is 2.30 bits per heavy atom. The summed E-state index contributed by atoms with van der Waals surface area (Å²) in [5.41, 5.74) is 6.14. The molecular formula is C16H24N2OS. The predicted molar refractivity (Wildman–Crippen MR) is 87.3 cm³/mol. The van der Waals surface area contributed by atoms with Crippen molar-refractivity contribution in [1.82, 2.24) is 4.90 Å². The maximum atomic E-state index is 12.8. The van der Waals surface area contributed by atoms with Crippen LogP contribution in [0.3, 0.4) is 0 Å². The summed E-state index contributed by atoms with van der Waals surface area (Å²) in [6.07, 6.45) is 0.610. The van der Waals surface area contributed by atoms with E-state index >= 15 is 0 Å². The number of carbonyl (C=O) groups is 1. The first-order valence-corrected chi connectivity index (χ1v) is 7.38. The van der Waals surface area contributed by atoms with Crippen LogP contribution in [0, 0.1) is 5.41 Å². The van der Waals surface area contributed by atoms with Crippen LogP contribution in [0.4, 0.5) is 0 Å². The summed E-state index contributed by atoms with van der Waals surface area (Å²) < 4.78 is 0. The molecule has 3 nitrogen and oxygen atoms in total. The molecule has 1 amide bonds. The van der Waals surface area contributed by atoms with Crippen molar-refractivity contribution in [2.75, 3.05) is 0 Å². The minimum atomic E-state index is -0.769. The smallest absolute Gasteiger partial charge is 0.235 e. The molecular weight excluding hydrogens is 268 g/mol. The van der Waals surface area contributed by atoms with Crippen molar-refractivity contribution >= 4 is 23.1 Å². The number of benzene rings is 1. The summed E-state index contributed by atoms with van der Waals surface area (Å²) in [5.74, 6) is 0.00588. The molecule has 0 saturated carbocycles. The lowest BCUT2D eigenvalue weighted by Crippen LogP contribution is -2.50. The van der Waals surface area contributed by atoms with E-state index in [9.17, 15) is 4.79 Å². The van der Waals surface area contributed by atoms with Gasteiger partial charge in [0.25, 0.3) is 0 Å². The van der Waals surface area contributed by atoms with Gasteiger partial charge in [-0.2, -0.15) is 0 Å². The van der Waals surface area contributed by atoms with Crippen LogP contribution in [0.2, 0.25) is 0 Å². The van der Waals surface area contributed by atoms with Crippen molar-refractivity contribution in [2.24, 2.45) is 11.1 Å². The van der Waals surface area contributed by atoms with Gasteiger partial charge in [-0.1, -0.05) is 49.5 Å². The van der Waals surface area contributed by atoms with Crippen molar-refractivity contribution in [1.29, 1.82) is 0 Å². The highest BCUT2D eigenvalue weighted by atomic mass is 32.1. The number of hydrogen-bond donors (Lipinski definition) is 1. The number of carbonyl (C=O) groups excluding carboxylic acids is 1. The van der Waals surface area contributed by atoms with Gasteiger partial charge >= 0.3 is 0 Å². The zero-order valence-electron chi connectivity index (χ0n) is 12.7. The second kappa shape index (κ2) is 6.84. The SMILES string of the molecule is CCC(C)(C(=O)N(Cc1ccccc1)C(C)C)C(N)=S. The molecule has 1 atom stereocenters. The lowest BCUT2D eigenvalue weighted by Gasteiger charge is -2.35. The van der Waals surface area contributed by atoms with E-state index in [1.165, 1.54) is 0 Å². The lowest BCUT2D eigenvalue weighted by molar-refractivity contribution is -0.140. The van der Waals surface area contributed by atoms with Gasteiger partial charge in [0.05, 0.1) is 10.4 Å². The standard InChI is InChI=1S/C16H24N2OS/c1-5-16(4,14(17)20)15(19)18(12(2)3)11-13-9-7-6-8-10-13/h6-10,12H,5,11H2,1-4H3,(H2,17,20). The molecule has 0 spiro atoms. The summed E-state index contributed by atoms with van der Waals surface area (Å²) in [7, 11) is 0. The second-order valence-electron chi connectivity index (χ2n) is 5.56. The summed E-state index contributed by atoms with van der Waals surface area (Å²) in [6, 6.07) is 10.1. The van der Waals surface area contributed by atoms with E-state index in [2.05, 4.69) is 0 Å². The topological polar surface area (TPSA) is 46.3 Å². The quantitative estimate of drug-likeness (QED) is 0.819. The molecule has 0 aromatic heterocycles. The molecule has 0 aliphatic carbocycles. The van der Waals surface area contributed by atoms with Gasteiger partial charge < -0.3 is 10.6 Å². The largest absolute Gasteiger partial charge is 0.392 e. The second-order valence-corrected chi connectivity index (χ2v) is 6.00. The first kappa shape index (κ1) is 16.6. The summed E-state index contributed by atoms with van der Waals surface area (Å²) in [5, 5.41) is 0. The molecule has 1 aromatic carbocycles. The van der Waals surface area contributed by atoms with Gasteiger partial charge in [-0.3, -0.25) is 4.79 Å². The Bertz CT molecular complexity index is 473. The van der Waals surface area contributed by atoms with Crippen molar-refractivity contribution in [3.8, 4) is 0 Å². The first-order chi connectivity index (χ1) is 9.32. The van der Waals surface area contributed by atoms with Gasteiger partial charge in [-0.25, -0.2) is 0 Å². The normalized spacial score (nSPS) is 13.8. The van der Waals surface area contributed by atoms with Crippen molar-refractivity contribution < 1.29 is 4.79 Å². The average Bonchev–Trinajstić information content (AvgIpc) is 2.43. The minimum absolute atomic E-state index is 0.00588. The number of amides is 1. The fourth-order valence-electron chi connectivity index (χ4n) is 2.02. The number of nitrogens with zero attached hydrogens (tertiary/aromatic N) is 1. The molecule has 1 unspecified atom stereocenters. The van der Waals surface area contributed by atoms with Gasteiger partial charge in [-0.15, -0.1) is 0 Å². The number of rotatable bonds is 6. The number of thiocarbonyl (C=S) groups is 1. The Kier molecular flexibility index (Phi) is 5.69. The van der Waals surface area contributed by atoms with Crippen LogP contribution in [-0.4, -0.2) is 21.8 Å². The molecule has 20 heavy (non-hydrogen) atoms. The number of hydrogen-bond acceptors (Lipinski definition) is 2. The minimum Gasteiger partial charge on any atom is -0.392 e. The highest BCUT2D eigenvalue weighted by molar-refractivity contribution is 7.80. The highest BCUT2D eigenvalue weighted by Gasteiger charge is 2.38. The van der Waals surface area contributed by atoms with Crippen LogP contribution in [0.1, 0.15) is 39.7 Å². The van der Waals surface area contributed by atoms with Gasteiger partial charge in [0.15, 0.2) is 0 Å². The van der Waals surface area contributed by atoms with Crippen molar-refractivity contribution in [2.45, 2.75) is 46.7 Å². The van der Waals surface area contributed by atoms with E-state index in [0.717, 1.165) is 5.56 Å². The maximum absolute atomic E-state index is 12.8. The third kappa shape index (κ3) is 3.57. The Morgan fingerprint density at radius 1 is 1.35 bits per heavy atom. The van der Waals surface area contributed by atoms with Crippen LogP contribution in [0.15, 0.2) is 30.3 Å². The van der Waals surface area contributed by atoms with Crippen LogP contribution < -0.4 is 5.73 Å². The molecule has 0 heterocycles. The third-order valence-electron chi connectivity index (χ3n) is 3.80. The molecule has 0 radical (unpaired) electrons. The molecule has 2 N–H and O–H groups in total. The summed E-state index contributed by atoms with van der Waals surface area (Å²) >= 11 is 5.11. The molecule has 0 aliphatic heterocycles. The van der Waals surface area contributed by atoms with E-state index in [0.29, 0.717) is 13.0 Å².